The van der Waals surface area contributed by atoms with Gasteiger partial charge in [-0.1, -0.05) is 6.07 Å². The number of hydrogen-bond donors (Lipinski definition) is 4. The van der Waals surface area contributed by atoms with Crippen LogP contribution in [0.5, 0.6) is 0 Å². The Balaban J connectivity index is 1.25. The smallest absolute Gasteiger partial charge is 0.257 e. The molecule has 1 amide bonds. The van der Waals surface area contributed by atoms with Crippen molar-refractivity contribution >= 4 is 34.8 Å². The predicted molar refractivity (Wildman–Crippen MR) is 122 cm³/mol. The van der Waals surface area contributed by atoms with Crippen LogP contribution in [0.25, 0.3) is 5.65 Å². The van der Waals surface area contributed by atoms with Crippen molar-refractivity contribution < 1.29 is 14.6 Å². The van der Waals surface area contributed by atoms with Gasteiger partial charge >= 0.3 is 0 Å². The lowest BCUT2D eigenvalue weighted by Gasteiger charge is -2.55. The molecule has 33 heavy (non-hydrogen) atoms. The first kappa shape index (κ1) is 20.2. The number of aromatic nitrogens is 4. The Morgan fingerprint density at radius 1 is 1.24 bits per heavy atom. The molecule has 6 rings (SSSR count). The number of carbonyl (C=O) groups excluding carboxylic acids is 1. The fraction of sp³-hybridized carbons (Fsp3) is 0.455. The van der Waals surface area contributed by atoms with E-state index in [4.69, 9.17) is 9.72 Å². The number of carbonyl (C=O) groups is 1. The van der Waals surface area contributed by atoms with Crippen LogP contribution in [0.3, 0.4) is 0 Å². The number of aliphatic hydroxyl groups is 1. The molecule has 3 aromatic rings. The van der Waals surface area contributed by atoms with Gasteiger partial charge in [0.2, 0.25) is 0 Å². The summed E-state index contributed by atoms with van der Waals surface area (Å²) in [6, 6.07) is 7.41. The zero-order valence-corrected chi connectivity index (χ0v) is 18.3. The number of nitrogens with zero attached hydrogens (tertiary/aromatic N) is 5. The number of pyridine rings is 1. The summed E-state index contributed by atoms with van der Waals surface area (Å²) in [6.45, 7) is 2.57. The molecule has 0 aromatic carbocycles. The van der Waals surface area contributed by atoms with Crippen molar-refractivity contribution in [3.05, 3.63) is 36.0 Å². The van der Waals surface area contributed by atoms with Gasteiger partial charge < -0.3 is 30.7 Å². The summed E-state index contributed by atoms with van der Waals surface area (Å²) in [6.07, 6.45) is 3.57. The van der Waals surface area contributed by atoms with Crippen LogP contribution in [0.1, 0.15) is 29.6 Å². The van der Waals surface area contributed by atoms with E-state index in [9.17, 15) is 9.90 Å². The van der Waals surface area contributed by atoms with Crippen molar-refractivity contribution in [2.45, 2.75) is 37.0 Å². The fourth-order valence-corrected chi connectivity index (χ4v) is 4.51. The number of ether oxygens (including phenoxy) is 1. The van der Waals surface area contributed by atoms with E-state index in [0.29, 0.717) is 35.1 Å². The molecule has 1 aliphatic carbocycles. The summed E-state index contributed by atoms with van der Waals surface area (Å²) < 4.78 is 7.29. The predicted octanol–water partition coefficient (Wildman–Crippen LogP) is 1.14. The lowest BCUT2D eigenvalue weighted by atomic mass is 9.86. The molecular formula is C22H26N8O3. The molecule has 0 bridgehead atoms. The first-order valence-electron chi connectivity index (χ1n) is 11.2. The topological polar surface area (TPSA) is 129 Å². The van der Waals surface area contributed by atoms with Crippen LogP contribution in [0.15, 0.2) is 30.5 Å². The zero-order chi connectivity index (χ0) is 22.6. The number of fused-ring (bicyclic) bond motifs is 1. The molecule has 2 aliphatic heterocycles. The summed E-state index contributed by atoms with van der Waals surface area (Å²) in [4.78, 5) is 24.4. The maximum atomic E-state index is 12.8. The average Bonchev–Trinajstić information content (AvgIpc) is 3.18. The molecule has 3 aliphatic rings. The number of rotatable bonds is 6. The second-order valence-corrected chi connectivity index (χ2v) is 8.94. The van der Waals surface area contributed by atoms with Crippen molar-refractivity contribution in [1.82, 2.24) is 24.9 Å². The Hall–Kier alpha value is -3.44. The van der Waals surface area contributed by atoms with Gasteiger partial charge in [0.05, 0.1) is 38.0 Å². The van der Waals surface area contributed by atoms with Gasteiger partial charge in [0, 0.05) is 19.5 Å². The Bertz CT molecular complexity index is 1220. The van der Waals surface area contributed by atoms with Gasteiger partial charge in [-0.25, -0.2) is 9.97 Å². The van der Waals surface area contributed by atoms with E-state index < -0.39 is 6.10 Å². The zero-order valence-electron chi connectivity index (χ0n) is 18.3. The first-order chi connectivity index (χ1) is 16.0. The van der Waals surface area contributed by atoms with Crippen molar-refractivity contribution in [1.29, 1.82) is 0 Å². The average molecular weight is 451 g/mol. The molecule has 11 heteroatoms. The number of nitrogens with one attached hydrogen (secondary N) is 3. The Morgan fingerprint density at radius 2 is 2.09 bits per heavy atom. The molecule has 0 radical (unpaired) electrons. The number of aliphatic hydroxyl groups excluding tert-OH is 1. The summed E-state index contributed by atoms with van der Waals surface area (Å²) in [7, 11) is 1.78. The minimum Gasteiger partial charge on any atom is -0.391 e. The third-order valence-electron chi connectivity index (χ3n) is 6.77. The SMILES string of the molecule is CNc1cc(Nc2cccc(N3CC4(CCO4)C3)n2)nc2c(C(=O)N[C@H]3CC[C@H]3O)cnn12. The van der Waals surface area contributed by atoms with Crippen LogP contribution in [0.2, 0.25) is 0 Å². The number of anilines is 4. The maximum Gasteiger partial charge on any atom is 0.257 e. The molecular weight excluding hydrogens is 424 g/mol. The van der Waals surface area contributed by atoms with E-state index >= 15 is 0 Å². The molecule has 4 N–H and O–H groups in total. The van der Waals surface area contributed by atoms with Crippen LogP contribution in [0.4, 0.5) is 23.3 Å². The summed E-state index contributed by atoms with van der Waals surface area (Å²) >= 11 is 0. The largest absolute Gasteiger partial charge is 0.391 e. The van der Waals surface area contributed by atoms with Crippen LogP contribution in [0, 0.1) is 0 Å². The maximum absolute atomic E-state index is 12.8. The van der Waals surface area contributed by atoms with Gasteiger partial charge in [-0.2, -0.15) is 9.61 Å². The normalized spacial score (nSPS) is 22.9. The quantitative estimate of drug-likeness (QED) is 0.437. The molecule has 3 aromatic heterocycles. The molecule has 2 saturated heterocycles. The van der Waals surface area contributed by atoms with Crippen molar-refractivity contribution in [2.75, 3.05) is 42.3 Å². The Kier molecular flexibility index (Phi) is 4.63. The van der Waals surface area contributed by atoms with Gasteiger partial charge in [-0.3, -0.25) is 4.79 Å². The fourth-order valence-electron chi connectivity index (χ4n) is 4.51. The monoisotopic (exact) mass is 450 g/mol. The van der Waals surface area contributed by atoms with E-state index in [-0.39, 0.29) is 17.6 Å². The number of hydrogen-bond acceptors (Lipinski definition) is 9. The van der Waals surface area contributed by atoms with Crippen molar-refractivity contribution in [3.63, 3.8) is 0 Å². The summed E-state index contributed by atoms with van der Waals surface area (Å²) in [5.41, 5.74) is 0.800. The first-order valence-corrected chi connectivity index (χ1v) is 11.2. The molecule has 2 atom stereocenters. The molecule has 3 fully saturated rings. The van der Waals surface area contributed by atoms with Crippen LogP contribution in [-0.4, -0.2) is 75.1 Å². The third-order valence-corrected chi connectivity index (χ3v) is 6.77. The van der Waals surface area contributed by atoms with E-state index in [0.717, 1.165) is 38.4 Å². The molecule has 1 saturated carbocycles. The van der Waals surface area contributed by atoms with Gasteiger partial charge in [0.1, 0.15) is 34.4 Å². The van der Waals surface area contributed by atoms with Crippen LogP contribution < -0.4 is 20.9 Å². The van der Waals surface area contributed by atoms with E-state index in [2.05, 4.69) is 30.9 Å². The second kappa shape index (κ2) is 7.56. The highest BCUT2D eigenvalue weighted by molar-refractivity contribution is 6.00. The molecule has 172 valence electrons. The minimum absolute atomic E-state index is 0.0356. The Morgan fingerprint density at radius 3 is 2.76 bits per heavy atom. The molecule has 1 spiro atoms. The van der Waals surface area contributed by atoms with Gasteiger partial charge in [0.15, 0.2) is 5.65 Å². The highest BCUT2D eigenvalue weighted by Gasteiger charge is 2.49. The molecule has 0 unspecified atom stereocenters. The lowest BCUT2D eigenvalue weighted by Crippen LogP contribution is -2.68. The summed E-state index contributed by atoms with van der Waals surface area (Å²) in [5.74, 6) is 2.46. The van der Waals surface area contributed by atoms with Gasteiger partial charge in [-0.15, -0.1) is 0 Å². The summed E-state index contributed by atoms with van der Waals surface area (Å²) in [5, 5.41) is 23.3. The molecule has 11 nitrogen and oxygen atoms in total. The van der Waals surface area contributed by atoms with Crippen LogP contribution >= 0.6 is 0 Å². The standard InChI is InChI=1S/C22H26N8O3/c1-23-19-9-17(26-16-3-2-4-18(27-16)29-11-22(12-29)7-8-33-22)28-20-13(10-24-30(19)20)21(32)25-14-5-6-15(14)31/h2-4,9-10,14-15,23,31H,5-8,11-12H2,1H3,(H,25,32)(H,26,27,28)/t14-,15+/m0/s1. The van der Waals surface area contributed by atoms with Crippen molar-refractivity contribution in [3.8, 4) is 0 Å². The highest BCUT2D eigenvalue weighted by Crippen LogP contribution is 2.38. The van der Waals surface area contributed by atoms with E-state index in [1.54, 1.807) is 11.6 Å². The van der Waals surface area contributed by atoms with Crippen LogP contribution in [-0.2, 0) is 4.74 Å². The van der Waals surface area contributed by atoms with E-state index in [1.807, 2.05) is 24.3 Å². The molecule has 5 heterocycles. The van der Waals surface area contributed by atoms with Crippen molar-refractivity contribution in [2.24, 2.45) is 0 Å². The van der Waals surface area contributed by atoms with E-state index in [1.165, 1.54) is 6.20 Å². The highest BCUT2D eigenvalue weighted by atomic mass is 16.5. The lowest BCUT2D eigenvalue weighted by molar-refractivity contribution is -0.161. The number of amides is 1. The minimum atomic E-state index is -0.496. The second-order valence-electron chi connectivity index (χ2n) is 8.94. The van der Waals surface area contributed by atoms with Gasteiger partial charge in [-0.05, 0) is 25.0 Å². The Labute approximate surface area is 190 Å². The third kappa shape index (κ3) is 3.44. The van der Waals surface area contributed by atoms with Gasteiger partial charge in [0.25, 0.3) is 5.91 Å².